The second-order valence-corrected chi connectivity index (χ2v) is 5.84. The average molecular weight is 317 g/mol. The lowest BCUT2D eigenvalue weighted by Crippen LogP contribution is -2.36. The molecule has 0 radical (unpaired) electrons. The molecular weight excluding hydrogens is 298 g/mol. The zero-order valence-corrected chi connectivity index (χ0v) is 12.9. The van der Waals surface area contributed by atoms with Crippen molar-refractivity contribution in [3.63, 3.8) is 0 Å². The topological polar surface area (TPSA) is 102 Å². The summed E-state index contributed by atoms with van der Waals surface area (Å²) in [5.41, 5.74) is -0.863. The van der Waals surface area contributed by atoms with Crippen molar-refractivity contribution in [1.29, 1.82) is 0 Å². The molecular formula is C15H19N5O3. The molecule has 0 amide bonds. The van der Waals surface area contributed by atoms with Crippen molar-refractivity contribution in [3.05, 3.63) is 55.6 Å². The molecule has 2 aromatic heterocycles. The minimum absolute atomic E-state index is 0.0835. The SMILES string of the molecule is Cn1c(=O)cc(NC2CCC(n3ncccc3=O)CC2)[nH]c1=O. The van der Waals surface area contributed by atoms with E-state index >= 15 is 0 Å². The lowest BCUT2D eigenvalue weighted by Gasteiger charge is -2.29. The molecule has 8 nitrogen and oxygen atoms in total. The van der Waals surface area contributed by atoms with Gasteiger partial charge < -0.3 is 5.32 Å². The molecule has 0 unspecified atom stereocenters. The average Bonchev–Trinajstić information content (AvgIpc) is 2.54. The van der Waals surface area contributed by atoms with E-state index in [2.05, 4.69) is 15.4 Å². The predicted octanol–water partition coefficient (Wildman–Crippen LogP) is 0.226. The molecule has 2 heterocycles. The Hall–Kier alpha value is -2.64. The zero-order valence-electron chi connectivity index (χ0n) is 12.9. The van der Waals surface area contributed by atoms with E-state index in [9.17, 15) is 14.4 Å². The number of aromatic amines is 1. The highest BCUT2D eigenvalue weighted by atomic mass is 16.2. The fourth-order valence-electron chi connectivity index (χ4n) is 2.96. The first kappa shape index (κ1) is 15.3. The van der Waals surface area contributed by atoms with Gasteiger partial charge in [0, 0.05) is 31.4 Å². The normalized spacial score (nSPS) is 21.1. The van der Waals surface area contributed by atoms with Gasteiger partial charge in [0.15, 0.2) is 0 Å². The van der Waals surface area contributed by atoms with Gasteiger partial charge in [-0.05, 0) is 31.7 Å². The van der Waals surface area contributed by atoms with Gasteiger partial charge in [-0.15, -0.1) is 0 Å². The summed E-state index contributed by atoms with van der Waals surface area (Å²) in [6, 6.07) is 4.80. The van der Waals surface area contributed by atoms with Crippen LogP contribution in [0.4, 0.5) is 5.82 Å². The quantitative estimate of drug-likeness (QED) is 0.843. The molecule has 0 aliphatic heterocycles. The maximum Gasteiger partial charge on any atom is 0.329 e. The van der Waals surface area contributed by atoms with Crippen molar-refractivity contribution in [2.24, 2.45) is 7.05 Å². The Kier molecular flexibility index (Phi) is 4.14. The van der Waals surface area contributed by atoms with Gasteiger partial charge in [-0.25, -0.2) is 9.48 Å². The molecule has 1 aliphatic carbocycles. The summed E-state index contributed by atoms with van der Waals surface area (Å²) in [6.45, 7) is 0. The van der Waals surface area contributed by atoms with Crippen LogP contribution in [0.1, 0.15) is 31.7 Å². The number of hydrogen-bond donors (Lipinski definition) is 2. The minimum atomic E-state index is -0.436. The summed E-state index contributed by atoms with van der Waals surface area (Å²) in [4.78, 5) is 37.7. The van der Waals surface area contributed by atoms with Crippen molar-refractivity contribution >= 4 is 5.82 Å². The fourth-order valence-corrected chi connectivity index (χ4v) is 2.96. The van der Waals surface area contributed by atoms with Gasteiger partial charge in [0.1, 0.15) is 5.82 Å². The van der Waals surface area contributed by atoms with Gasteiger partial charge in [0.05, 0.1) is 6.04 Å². The van der Waals surface area contributed by atoms with Gasteiger partial charge in [0.25, 0.3) is 11.1 Å². The molecule has 122 valence electrons. The highest BCUT2D eigenvalue weighted by molar-refractivity contribution is 5.33. The van der Waals surface area contributed by atoms with E-state index in [1.165, 1.54) is 23.9 Å². The van der Waals surface area contributed by atoms with E-state index in [1.54, 1.807) is 12.3 Å². The maximum absolute atomic E-state index is 11.8. The molecule has 2 aromatic rings. The van der Waals surface area contributed by atoms with Gasteiger partial charge in [-0.3, -0.25) is 19.1 Å². The Bertz CT molecular complexity index is 827. The van der Waals surface area contributed by atoms with Crippen molar-refractivity contribution in [2.75, 3.05) is 5.32 Å². The van der Waals surface area contributed by atoms with E-state index in [0.29, 0.717) is 5.82 Å². The molecule has 0 bridgehead atoms. The second kappa shape index (κ2) is 6.23. The lowest BCUT2D eigenvalue weighted by atomic mass is 9.91. The molecule has 8 heteroatoms. The van der Waals surface area contributed by atoms with Crippen LogP contribution in [0.3, 0.4) is 0 Å². The summed E-state index contributed by atoms with van der Waals surface area (Å²) in [5.74, 6) is 0.441. The highest BCUT2D eigenvalue weighted by Gasteiger charge is 2.23. The Labute approximate surface area is 131 Å². The van der Waals surface area contributed by atoms with Crippen LogP contribution in [0, 0.1) is 0 Å². The number of nitrogens with zero attached hydrogens (tertiary/aromatic N) is 3. The smallest absolute Gasteiger partial charge is 0.329 e. The molecule has 0 aromatic carbocycles. The minimum Gasteiger partial charge on any atom is -0.369 e. The number of rotatable bonds is 3. The van der Waals surface area contributed by atoms with Crippen LogP contribution in [0.5, 0.6) is 0 Å². The van der Waals surface area contributed by atoms with E-state index in [4.69, 9.17) is 0 Å². The summed E-state index contributed by atoms with van der Waals surface area (Å²) >= 11 is 0. The summed E-state index contributed by atoms with van der Waals surface area (Å²) in [7, 11) is 1.43. The zero-order chi connectivity index (χ0) is 16.4. The summed E-state index contributed by atoms with van der Waals surface area (Å²) in [5, 5.41) is 7.34. The Balaban J connectivity index is 1.66. The largest absolute Gasteiger partial charge is 0.369 e. The molecule has 1 saturated carbocycles. The number of anilines is 1. The molecule has 3 rings (SSSR count). The van der Waals surface area contributed by atoms with Crippen molar-refractivity contribution in [3.8, 4) is 0 Å². The molecule has 0 saturated heterocycles. The van der Waals surface area contributed by atoms with Gasteiger partial charge in [-0.1, -0.05) is 0 Å². The van der Waals surface area contributed by atoms with Crippen molar-refractivity contribution in [2.45, 2.75) is 37.8 Å². The van der Waals surface area contributed by atoms with Crippen LogP contribution in [-0.4, -0.2) is 25.4 Å². The molecule has 23 heavy (non-hydrogen) atoms. The van der Waals surface area contributed by atoms with Gasteiger partial charge >= 0.3 is 5.69 Å². The molecule has 2 N–H and O–H groups in total. The van der Waals surface area contributed by atoms with Crippen LogP contribution in [-0.2, 0) is 7.05 Å². The molecule has 1 aliphatic rings. The van der Waals surface area contributed by atoms with E-state index < -0.39 is 5.69 Å². The second-order valence-electron chi connectivity index (χ2n) is 5.84. The monoisotopic (exact) mass is 317 g/mol. The first-order chi connectivity index (χ1) is 11.0. The highest BCUT2D eigenvalue weighted by Crippen LogP contribution is 2.28. The Morgan fingerprint density at radius 2 is 1.91 bits per heavy atom. The van der Waals surface area contributed by atoms with Crippen molar-refractivity contribution in [1.82, 2.24) is 19.3 Å². The number of hydrogen-bond acceptors (Lipinski definition) is 5. The lowest BCUT2D eigenvalue weighted by molar-refractivity contribution is 0.303. The standard InChI is InChI=1S/C15H19N5O3/c1-19-14(22)9-12(18-15(19)23)17-10-4-6-11(7-5-10)20-13(21)3-2-8-16-20/h2-3,8-11,17H,4-7H2,1H3,(H,18,23). The van der Waals surface area contributed by atoms with E-state index in [-0.39, 0.29) is 23.2 Å². The van der Waals surface area contributed by atoms with E-state index in [1.807, 2.05) is 0 Å². The summed E-state index contributed by atoms with van der Waals surface area (Å²) < 4.78 is 2.56. The number of aromatic nitrogens is 4. The third kappa shape index (κ3) is 3.25. The van der Waals surface area contributed by atoms with Crippen LogP contribution in [0.25, 0.3) is 0 Å². The fraction of sp³-hybridized carbons (Fsp3) is 0.467. The predicted molar refractivity (Wildman–Crippen MR) is 85.7 cm³/mol. The maximum atomic E-state index is 11.8. The Morgan fingerprint density at radius 1 is 1.17 bits per heavy atom. The van der Waals surface area contributed by atoms with Crippen LogP contribution in [0.15, 0.2) is 38.8 Å². The van der Waals surface area contributed by atoms with Crippen LogP contribution < -0.4 is 22.1 Å². The van der Waals surface area contributed by atoms with Gasteiger partial charge in [0.2, 0.25) is 0 Å². The third-order valence-electron chi connectivity index (χ3n) is 4.29. The number of H-pyrrole nitrogens is 1. The van der Waals surface area contributed by atoms with Crippen LogP contribution >= 0.6 is 0 Å². The number of nitrogens with one attached hydrogen (secondary N) is 2. The first-order valence-electron chi connectivity index (χ1n) is 7.65. The van der Waals surface area contributed by atoms with Gasteiger partial charge in [-0.2, -0.15) is 5.10 Å². The molecule has 0 atom stereocenters. The van der Waals surface area contributed by atoms with E-state index in [0.717, 1.165) is 30.3 Å². The summed E-state index contributed by atoms with van der Waals surface area (Å²) in [6.07, 6.45) is 4.94. The molecule has 1 fully saturated rings. The molecule has 0 spiro atoms. The Morgan fingerprint density at radius 3 is 2.57 bits per heavy atom. The first-order valence-corrected chi connectivity index (χ1v) is 7.65. The van der Waals surface area contributed by atoms with Crippen LogP contribution in [0.2, 0.25) is 0 Å². The third-order valence-corrected chi connectivity index (χ3v) is 4.29. The van der Waals surface area contributed by atoms with Crippen molar-refractivity contribution < 1.29 is 0 Å².